The maximum Gasteiger partial charge on any atom is 0.160 e. The predicted molar refractivity (Wildman–Crippen MR) is 111 cm³/mol. The number of rotatable bonds is 3. The highest BCUT2D eigenvalue weighted by molar-refractivity contribution is 9.10. The van der Waals surface area contributed by atoms with Gasteiger partial charge in [0.1, 0.15) is 0 Å². The van der Waals surface area contributed by atoms with Gasteiger partial charge >= 0.3 is 0 Å². The predicted octanol–water partition coefficient (Wildman–Crippen LogP) is 5.95. The SMILES string of the molecule is Cc1ccc2nc(-c3ccc(Br)cc3)nc(C(N)C3CCCCC3)c2c1. The Labute approximate surface area is 163 Å². The number of aromatic nitrogens is 2. The van der Waals surface area contributed by atoms with Crippen LogP contribution in [0.3, 0.4) is 0 Å². The van der Waals surface area contributed by atoms with Crippen LogP contribution in [0, 0.1) is 12.8 Å². The van der Waals surface area contributed by atoms with Gasteiger partial charge in [0.15, 0.2) is 5.82 Å². The number of hydrogen-bond donors (Lipinski definition) is 1. The normalized spacial score (nSPS) is 16.7. The Bertz CT molecular complexity index is 915. The van der Waals surface area contributed by atoms with Crippen LogP contribution in [-0.2, 0) is 0 Å². The third-order valence-electron chi connectivity index (χ3n) is 5.46. The van der Waals surface area contributed by atoms with Crippen molar-refractivity contribution in [1.82, 2.24) is 9.97 Å². The van der Waals surface area contributed by atoms with Crippen molar-refractivity contribution >= 4 is 26.8 Å². The lowest BCUT2D eigenvalue weighted by atomic mass is 9.82. The van der Waals surface area contributed by atoms with Gasteiger partial charge in [-0.05, 0) is 49.9 Å². The number of nitrogens with zero attached hydrogens (tertiary/aromatic N) is 2. The minimum atomic E-state index is -0.0307. The third-order valence-corrected chi connectivity index (χ3v) is 5.99. The van der Waals surface area contributed by atoms with Crippen LogP contribution < -0.4 is 5.73 Å². The lowest BCUT2D eigenvalue weighted by Crippen LogP contribution is -2.25. The van der Waals surface area contributed by atoms with Gasteiger partial charge in [-0.1, -0.05) is 59.0 Å². The second-order valence-electron chi connectivity index (χ2n) is 7.38. The van der Waals surface area contributed by atoms with Gasteiger partial charge in [0.2, 0.25) is 0 Å². The number of hydrogen-bond acceptors (Lipinski definition) is 3. The smallest absolute Gasteiger partial charge is 0.160 e. The fraction of sp³-hybridized carbons (Fsp3) is 0.364. The average molecular weight is 410 g/mol. The first kappa shape index (κ1) is 17.6. The first-order chi connectivity index (χ1) is 12.6. The maximum absolute atomic E-state index is 6.76. The van der Waals surface area contributed by atoms with Crippen molar-refractivity contribution in [1.29, 1.82) is 0 Å². The molecular weight excluding hydrogens is 386 g/mol. The molecule has 26 heavy (non-hydrogen) atoms. The van der Waals surface area contributed by atoms with Crippen LogP contribution in [0.25, 0.3) is 22.3 Å². The lowest BCUT2D eigenvalue weighted by Gasteiger charge is -2.28. The van der Waals surface area contributed by atoms with Crippen molar-refractivity contribution in [3.05, 3.63) is 58.2 Å². The molecule has 4 heteroatoms. The quantitative estimate of drug-likeness (QED) is 0.581. The fourth-order valence-electron chi connectivity index (χ4n) is 3.96. The molecule has 3 aromatic rings. The summed E-state index contributed by atoms with van der Waals surface area (Å²) in [6.07, 6.45) is 6.29. The van der Waals surface area contributed by atoms with E-state index in [-0.39, 0.29) is 6.04 Å². The van der Waals surface area contributed by atoms with Crippen molar-refractivity contribution in [3.63, 3.8) is 0 Å². The fourth-order valence-corrected chi connectivity index (χ4v) is 4.23. The van der Waals surface area contributed by atoms with Gasteiger partial charge in [-0.25, -0.2) is 9.97 Å². The Morgan fingerprint density at radius 2 is 1.73 bits per heavy atom. The molecule has 134 valence electrons. The van der Waals surface area contributed by atoms with Crippen LogP contribution in [-0.4, -0.2) is 9.97 Å². The van der Waals surface area contributed by atoms with Gasteiger partial charge in [0, 0.05) is 15.4 Å². The van der Waals surface area contributed by atoms with Crippen LogP contribution in [0.5, 0.6) is 0 Å². The lowest BCUT2D eigenvalue weighted by molar-refractivity contribution is 0.306. The van der Waals surface area contributed by atoms with E-state index >= 15 is 0 Å². The van der Waals surface area contributed by atoms with Gasteiger partial charge in [-0.15, -0.1) is 0 Å². The first-order valence-electron chi connectivity index (χ1n) is 9.41. The highest BCUT2D eigenvalue weighted by Crippen LogP contribution is 2.35. The summed E-state index contributed by atoms with van der Waals surface area (Å²) in [4.78, 5) is 9.79. The monoisotopic (exact) mass is 409 g/mol. The zero-order chi connectivity index (χ0) is 18.1. The van der Waals surface area contributed by atoms with Crippen molar-refractivity contribution in [2.24, 2.45) is 11.7 Å². The summed E-state index contributed by atoms with van der Waals surface area (Å²) in [7, 11) is 0. The molecule has 0 spiro atoms. The largest absolute Gasteiger partial charge is 0.322 e. The highest BCUT2D eigenvalue weighted by Gasteiger charge is 2.25. The summed E-state index contributed by atoms with van der Waals surface area (Å²) in [5, 5.41) is 1.10. The Morgan fingerprint density at radius 3 is 2.46 bits per heavy atom. The Balaban J connectivity index is 1.85. The molecule has 0 saturated heterocycles. The molecular formula is C22H24BrN3. The molecule has 1 atom stereocenters. The molecule has 0 bridgehead atoms. The molecule has 2 N–H and O–H groups in total. The average Bonchev–Trinajstić information content (AvgIpc) is 2.68. The zero-order valence-electron chi connectivity index (χ0n) is 15.1. The molecule has 3 nitrogen and oxygen atoms in total. The molecule has 0 radical (unpaired) electrons. The second-order valence-corrected chi connectivity index (χ2v) is 8.30. The zero-order valence-corrected chi connectivity index (χ0v) is 16.7. The van der Waals surface area contributed by atoms with Gasteiger partial charge in [0.05, 0.1) is 17.3 Å². The van der Waals surface area contributed by atoms with E-state index in [1.807, 2.05) is 12.1 Å². The molecule has 2 aromatic carbocycles. The standard InChI is InChI=1S/C22H24BrN3/c1-14-7-12-19-18(13-14)21(20(24)15-5-3-2-4-6-15)26-22(25-19)16-8-10-17(23)11-9-16/h7-13,15,20H,2-6,24H2,1H3. The van der Waals surface area contributed by atoms with E-state index in [9.17, 15) is 0 Å². The molecule has 1 aliphatic rings. The van der Waals surface area contributed by atoms with E-state index in [2.05, 4.69) is 53.2 Å². The maximum atomic E-state index is 6.76. The summed E-state index contributed by atoms with van der Waals surface area (Å²) in [5.41, 5.74) is 11.0. The van der Waals surface area contributed by atoms with Crippen molar-refractivity contribution in [3.8, 4) is 11.4 Å². The van der Waals surface area contributed by atoms with Crippen molar-refractivity contribution in [2.75, 3.05) is 0 Å². The molecule has 1 heterocycles. The van der Waals surface area contributed by atoms with Crippen LogP contribution in [0.2, 0.25) is 0 Å². The summed E-state index contributed by atoms with van der Waals surface area (Å²) in [5.74, 6) is 1.27. The number of nitrogens with two attached hydrogens (primary N) is 1. The second kappa shape index (κ2) is 7.45. The molecule has 1 aromatic heterocycles. The van der Waals surface area contributed by atoms with Crippen LogP contribution in [0.15, 0.2) is 46.9 Å². The Hall–Kier alpha value is -1.78. The van der Waals surface area contributed by atoms with Gasteiger partial charge in [-0.3, -0.25) is 0 Å². The van der Waals surface area contributed by atoms with Crippen LogP contribution >= 0.6 is 15.9 Å². The topological polar surface area (TPSA) is 51.8 Å². The van der Waals surface area contributed by atoms with E-state index in [0.29, 0.717) is 5.92 Å². The summed E-state index contributed by atoms with van der Waals surface area (Å²) < 4.78 is 1.05. The highest BCUT2D eigenvalue weighted by atomic mass is 79.9. The third kappa shape index (κ3) is 3.53. The number of halogens is 1. The van der Waals surface area contributed by atoms with Gasteiger partial charge in [0.25, 0.3) is 0 Å². The van der Waals surface area contributed by atoms with E-state index in [1.54, 1.807) is 0 Å². The molecule has 1 fully saturated rings. The molecule has 0 aliphatic heterocycles. The summed E-state index contributed by atoms with van der Waals surface area (Å²) in [6.45, 7) is 2.11. The Kier molecular flexibility index (Phi) is 5.05. The van der Waals surface area contributed by atoms with E-state index < -0.39 is 0 Å². The number of benzene rings is 2. The minimum Gasteiger partial charge on any atom is -0.322 e. The molecule has 0 amide bonds. The Morgan fingerprint density at radius 1 is 1.00 bits per heavy atom. The van der Waals surface area contributed by atoms with Gasteiger partial charge in [-0.2, -0.15) is 0 Å². The van der Waals surface area contributed by atoms with Gasteiger partial charge < -0.3 is 5.73 Å². The number of fused-ring (bicyclic) bond motifs is 1. The molecule has 1 unspecified atom stereocenters. The first-order valence-corrected chi connectivity index (χ1v) is 10.2. The molecule has 1 saturated carbocycles. The van der Waals surface area contributed by atoms with Crippen molar-refractivity contribution in [2.45, 2.75) is 45.1 Å². The molecule has 4 rings (SSSR count). The minimum absolute atomic E-state index is 0.0307. The number of aryl methyl sites for hydroxylation is 1. The van der Waals surface area contributed by atoms with Crippen LogP contribution in [0.1, 0.15) is 49.4 Å². The summed E-state index contributed by atoms with van der Waals surface area (Å²) in [6, 6.07) is 14.5. The van der Waals surface area contributed by atoms with E-state index in [1.165, 1.54) is 37.7 Å². The molecule has 1 aliphatic carbocycles. The summed E-state index contributed by atoms with van der Waals surface area (Å²) >= 11 is 3.49. The van der Waals surface area contributed by atoms with Crippen molar-refractivity contribution < 1.29 is 0 Å². The van der Waals surface area contributed by atoms with E-state index in [0.717, 1.165) is 32.5 Å². The van der Waals surface area contributed by atoms with E-state index in [4.69, 9.17) is 15.7 Å². The van der Waals surface area contributed by atoms with Crippen LogP contribution in [0.4, 0.5) is 0 Å².